The van der Waals surface area contributed by atoms with Crippen LogP contribution in [0.4, 0.5) is 4.39 Å². The second-order valence-electron chi connectivity index (χ2n) is 4.45. The Hall–Kier alpha value is -1.84. The zero-order valence-corrected chi connectivity index (χ0v) is 10.1. The fraction of sp³-hybridized carbons (Fsp3) is 0.308. The van der Waals surface area contributed by atoms with E-state index in [-0.39, 0.29) is 17.5 Å². The molecule has 90 valence electrons. The van der Waals surface area contributed by atoms with Crippen LogP contribution in [0.3, 0.4) is 0 Å². The van der Waals surface area contributed by atoms with E-state index in [1.54, 1.807) is 30.2 Å². The van der Waals surface area contributed by atoms with Crippen LogP contribution in [0.1, 0.15) is 25.3 Å². The molecule has 0 atom stereocenters. The normalized spacial score (nSPS) is 11.1. The van der Waals surface area contributed by atoms with E-state index in [4.69, 9.17) is 0 Å². The van der Waals surface area contributed by atoms with Gasteiger partial charge in [0.05, 0.1) is 6.20 Å². The summed E-state index contributed by atoms with van der Waals surface area (Å²) in [5.41, 5.74) is 1.78. The van der Waals surface area contributed by atoms with Gasteiger partial charge in [-0.1, -0.05) is 13.8 Å². The number of halogens is 1. The molecule has 4 heteroatoms. The van der Waals surface area contributed by atoms with Gasteiger partial charge in [-0.05, 0) is 23.6 Å². The molecule has 0 bridgehead atoms. The highest BCUT2D eigenvalue weighted by Gasteiger charge is 2.14. The van der Waals surface area contributed by atoms with Crippen molar-refractivity contribution in [3.8, 4) is 16.9 Å². The van der Waals surface area contributed by atoms with Gasteiger partial charge in [0.15, 0.2) is 0 Å². The van der Waals surface area contributed by atoms with Crippen molar-refractivity contribution in [2.24, 2.45) is 7.05 Å². The number of aromatic nitrogens is 2. The lowest BCUT2D eigenvalue weighted by molar-refractivity contribution is 0.454. The minimum Gasteiger partial charge on any atom is -0.508 e. The largest absolute Gasteiger partial charge is 0.508 e. The molecule has 0 fully saturated rings. The molecule has 1 aromatic carbocycles. The quantitative estimate of drug-likeness (QED) is 0.867. The Balaban J connectivity index is 2.52. The van der Waals surface area contributed by atoms with Crippen LogP contribution in [-0.2, 0) is 7.05 Å². The van der Waals surface area contributed by atoms with Crippen molar-refractivity contribution in [1.82, 2.24) is 9.78 Å². The van der Waals surface area contributed by atoms with Crippen LogP contribution in [0, 0.1) is 5.82 Å². The second-order valence-corrected chi connectivity index (χ2v) is 4.45. The summed E-state index contributed by atoms with van der Waals surface area (Å²) < 4.78 is 15.5. The fourth-order valence-electron chi connectivity index (χ4n) is 1.91. The molecule has 1 N–H and O–H groups in total. The molecule has 17 heavy (non-hydrogen) atoms. The topological polar surface area (TPSA) is 38.1 Å². The predicted molar refractivity (Wildman–Crippen MR) is 64.4 cm³/mol. The van der Waals surface area contributed by atoms with Crippen molar-refractivity contribution >= 4 is 0 Å². The van der Waals surface area contributed by atoms with Crippen LogP contribution in [0.25, 0.3) is 11.1 Å². The number of aryl methyl sites for hydroxylation is 1. The molecule has 0 aliphatic rings. The molecule has 0 amide bonds. The third-order valence-electron chi connectivity index (χ3n) is 2.72. The molecule has 0 radical (unpaired) electrons. The highest BCUT2D eigenvalue weighted by molar-refractivity contribution is 5.65. The first kappa shape index (κ1) is 11.6. The van der Waals surface area contributed by atoms with Gasteiger partial charge in [0, 0.05) is 24.4 Å². The molecule has 0 unspecified atom stereocenters. The summed E-state index contributed by atoms with van der Waals surface area (Å²) in [6.45, 7) is 3.70. The Morgan fingerprint density at radius 2 is 2.00 bits per heavy atom. The molecule has 0 saturated heterocycles. The lowest BCUT2D eigenvalue weighted by atomic mass is 9.98. The summed E-state index contributed by atoms with van der Waals surface area (Å²) in [6.07, 6.45) is 3.42. The van der Waals surface area contributed by atoms with Crippen molar-refractivity contribution in [2.75, 3.05) is 0 Å². The molecule has 2 aromatic rings. The van der Waals surface area contributed by atoms with Crippen molar-refractivity contribution in [1.29, 1.82) is 0 Å². The van der Waals surface area contributed by atoms with E-state index < -0.39 is 0 Å². The van der Waals surface area contributed by atoms with Crippen molar-refractivity contribution < 1.29 is 9.50 Å². The minimum absolute atomic E-state index is 0.00106. The molecule has 1 aromatic heterocycles. The maximum Gasteiger partial charge on any atom is 0.130 e. The number of phenolic OH excluding ortho intramolecular Hbond substituents is 1. The van der Waals surface area contributed by atoms with Gasteiger partial charge < -0.3 is 5.11 Å². The summed E-state index contributed by atoms with van der Waals surface area (Å²) in [6, 6.07) is 3.02. The van der Waals surface area contributed by atoms with Gasteiger partial charge in [-0.15, -0.1) is 0 Å². The summed E-state index contributed by atoms with van der Waals surface area (Å²) in [7, 11) is 1.79. The summed E-state index contributed by atoms with van der Waals surface area (Å²) in [5.74, 6) is -0.421. The lowest BCUT2D eigenvalue weighted by Crippen LogP contribution is -1.94. The highest BCUT2D eigenvalue weighted by atomic mass is 19.1. The Bertz CT molecular complexity index is 523. The van der Waals surface area contributed by atoms with Gasteiger partial charge in [0.2, 0.25) is 0 Å². The van der Waals surface area contributed by atoms with E-state index in [1.165, 1.54) is 6.07 Å². The maximum absolute atomic E-state index is 13.9. The third kappa shape index (κ3) is 2.16. The van der Waals surface area contributed by atoms with Gasteiger partial charge in [-0.25, -0.2) is 4.39 Å². The van der Waals surface area contributed by atoms with E-state index >= 15 is 0 Å². The molecular formula is C13H15FN2O. The number of phenols is 1. The molecule has 0 aliphatic heterocycles. The Kier molecular flexibility index (Phi) is 2.88. The molecule has 3 nitrogen and oxygen atoms in total. The standard InChI is InChI=1S/C13H15FN2O/c1-8(2)13-11(14)4-9(5-12(13)17)10-6-15-16(3)7-10/h4-8,17H,1-3H3. The van der Waals surface area contributed by atoms with Crippen LogP contribution in [0.15, 0.2) is 24.5 Å². The Labute approximate surface area is 99.5 Å². The van der Waals surface area contributed by atoms with E-state index in [0.29, 0.717) is 11.1 Å². The summed E-state index contributed by atoms with van der Waals surface area (Å²) in [4.78, 5) is 0. The lowest BCUT2D eigenvalue weighted by Gasteiger charge is -2.11. The fourth-order valence-corrected chi connectivity index (χ4v) is 1.91. The van der Waals surface area contributed by atoms with Crippen molar-refractivity contribution in [3.63, 3.8) is 0 Å². The first-order valence-corrected chi connectivity index (χ1v) is 5.50. The summed E-state index contributed by atoms with van der Waals surface area (Å²) in [5, 5.41) is 13.9. The monoisotopic (exact) mass is 234 g/mol. The van der Waals surface area contributed by atoms with Gasteiger partial charge >= 0.3 is 0 Å². The van der Waals surface area contributed by atoms with Gasteiger partial charge in [-0.3, -0.25) is 4.68 Å². The molecule has 2 rings (SSSR count). The van der Waals surface area contributed by atoms with Gasteiger partial charge in [0.1, 0.15) is 11.6 Å². The van der Waals surface area contributed by atoms with E-state index in [2.05, 4.69) is 5.10 Å². The predicted octanol–water partition coefficient (Wildman–Crippen LogP) is 3.06. The van der Waals surface area contributed by atoms with Crippen molar-refractivity contribution in [2.45, 2.75) is 19.8 Å². The summed E-state index contributed by atoms with van der Waals surface area (Å²) >= 11 is 0. The molecule has 1 heterocycles. The van der Waals surface area contributed by atoms with Gasteiger partial charge in [0.25, 0.3) is 0 Å². The number of rotatable bonds is 2. The third-order valence-corrected chi connectivity index (χ3v) is 2.72. The van der Waals surface area contributed by atoms with Crippen LogP contribution >= 0.6 is 0 Å². The zero-order valence-electron chi connectivity index (χ0n) is 10.1. The number of nitrogens with zero attached hydrogens (tertiary/aromatic N) is 2. The average molecular weight is 234 g/mol. The van der Waals surface area contributed by atoms with E-state index in [1.807, 2.05) is 13.8 Å². The minimum atomic E-state index is -0.376. The number of hydrogen-bond donors (Lipinski definition) is 1. The van der Waals surface area contributed by atoms with Crippen molar-refractivity contribution in [3.05, 3.63) is 35.9 Å². The average Bonchev–Trinajstić information content (AvgIpc) is 2.63. The first-order chi connectivity index (χ1) is 7.99. The van der Waals surface area contributed by atoms with Crippen LogP contribution in [-0.4, -0.2) is 14.9 Å². The van der Waals surface area contributed by atoms with Gasteiger partial charge in [-0.2, -0.15) is 5.10 Å². The molecule has 0 aliphatic carbocycles. The first-order valence-electron chi connectivity index (χ1n) is 5.50. The van der Waals surface area contributed by atoms with Crippen LogP contribution in [0.5, 0.6) is 5.75 Å². The van der Waals surface area contributed by atoms with Crippen LogP contribution in [0.2, 0.25) is 0 Å². The Morgan fingerprint density at radius 3 is 2.47 bits per heavy atom. The number of aromatic hydroxyl groups is 1. The smallest absolute Gasteiger partial charge is 0.130 e. The SMILES string of the molecule is CC(C)c1c(O)cc(-c2cnn(C)c2)cc1F. The highest BCUT2D eigenvalue weighted by Crippen LogP contribution is 2.33. The maximum atomic E-state index is 13.9. The number of hydrogen-bond acceptors (Lipinski definition) is 2. The van der Waals surface area contributed by atoms with E-state index in [0.717, 1.165) is 5.56 Å². The van der Waals surface area contributed by atoms with E-state index in [9.17, 15) is 9.50 Å². The molecule has 0 saturated carbocycles. The zero-order chi connectivity index (χ0) is 12.6. The Morgan fingerprint density at radius 1 is 1.29 bits per heavy atom. The van der Waals surface area contributed by atoms with Crippen LogP contribution < -0.4 is 0 Å². The number of benzene rings is 1. The molecule has 0 spiro atoms. The second kappa shape index (κ2) is 4.20. The molecular weight excluding hydrogens is 219 g/mol.